The first-order chi connectivity index (χ1) is 5.57. The molecule has 12 heavy (non-hydrogen) atoms. The van der Waals surface area contributed by atoms with Gasteiger partial charge in [0.2, 0.25) is 6.29 Å². The number of aliphatic hydroxyl groups is 4. The molecule has 6 nitrogen and oxygen atoms in total. The number of hydrogen-bond acceptors (Lipinski definition) is 5. The van der Waals surface area contributed by atoms with E-state index >= 15 is 0 Å². The minimum absolute atomic E-state index is 0.624. The molecule has 1 aliphatic rings. The molecule has 1 aliphatic heterocycles. The van der Waals surface area contributed by atoms with E-state index in [4.69, 9.17) is 20.4 Å². The molecular formula is C6H11O6. The van der Waals surface area contributed by atoms with E-state index in [1.807, 2.05) is 0 Å². The second-order valence-corrected chi connectivity index (χ2v) is 2.70. The summed E-state index contributed by atoms with van der Waals surface area (Å²) in [6.45, 7) is -0.624. The molecule has 0 bridgehead atoms. The molecule has 0 aromatic rings. The predicted octanol–water partition coefficient (Wildman–Crippen LogP) is -2.78. The lowest BCUT2D eigenvalue weighted by molar-refractivity contribution is -0.180. The Morgan fingerprint density at radius 1 is 1.33 bits per heavy atom. The maximum atomic E-state index is 10.7. The van der Waals surface area contributed by atoms with Gasteiger partial charge in [0.1, 0.15) is 24.4 Å². The minimum Gasteiger partial charge on any atom is -0.394 e. The van der Waals surface area contributed by atoms with Crippen LogP contribution >= 0.6 is 0 Å². The smallest absolute Gasteiger partial charge is 0.220 e. The van der Waals surface area contributed by atoms with Crippen LogP contribution in [0.15, 0.2) is 0 Å². The molecule has 4 N–H and O–H groups in total. The number of aliphatic hydroxyl groups excluding tert-OH is 4. The molecule has 1 rings (SSSR count). The van der Waals surface area contributed by atoms with Gasteiger partial charge in [-0.2, -0.15) is 5.11 Å². The Morgan fingerprint density at radius 2 is 1.92 bits per heavy atom. The fraction of sp³-hybridized carbons (Fsp3) is 1.00. The summed E-state index contributed by atoms with van der Waals surface area (Å²) in [5, 5.41) is 46.1. The van der Waals surface area contributed by atoms with Crippen molar-refractivity contribution in [2.24, 2.45) is 0 Å². The van der Waals surface area contributed by atoms with Gasteiger partial charge in [-0.1, -0.05) is 0 Å². The van der Waals surface area contributed by atoms with Gasteiger partial charge in [0, 0.05) is 0 Å². The Hall–Kier alpha value is -0.240. The van der Waals surface area contributed by atoms with E-state index in [1.54, 1.807) is 0 Å². The van der Waals surface area contributed by atoms with Gasteiger partial charge in [0.05, 0.1) is 6.61 Å². The van der Waals surface area contributed by atoms with Crippen LogP contribution in [0.4, 0.5) is 0 Å². The number of rotatable bonds is 2. The highest BCUT2D eigenvalue weighted by molar-refractivity contribution is 4.89. The number of hydrogen-bond donors (Lipinski definition) is 4. The van der Waals surface area contributed by atoms with Gasteiger partial charge in [0.25, 0.3) is 0 Å². The summed E-state index contributed by atoms with van der Waals surface area (Å²) in [7, 11) is 0. The summed E-state index contributed by atoms with van der Waals surface area (Å²) in [4.78, 5) is 0. The monoisotopic (exact) mass is 179 g/mol. The molecule has 0 amide bonds. The fourth-order valence-electron chi connectivity index (χ4n) is 1.09. The first-order valence-corrected chi connectivity index (χ1v) is 3.54. The normalized spacial score (nSPS) is 44.8. The zero-order valence-electron chi connectivity index (χ0n) is 6.20. The molecule has 0 aromatic heterocycles. The molecule has 71 valence electrons. The third-order valence-electron chi connectivity index (χ3n) is 1.82. The average molecular weight is 179 g/mol. The summed E-state index contributed by atoms with van der Waals surface area (Å²) in [5.74, 6) is 0. The number of ether oxygens (including phenoxy) is 1. The van der Waals surface area contributed by atoms with Crippen molar-refractivity contribution in [1.29, 1.82) is 0 Å². The van der Waals surface area contributed by atoms with Gasteiger partial charge >= 0.3 is 0 Å². The lowest BCUT2D eigenvalue weighted by atomic mass is 10.1. The molecule has 1 saturated heterocycles. The van der Waals surface area contributed by atoms with Gasteiger partial charge in [-0.3, -0.25) is 0 Å². The molecule has 1 radical (unpaired) electrons. The Morgan fingerprint density at radius 3 is 2.25 bits per heavy atom. The summed E-state index contributed by atoms with van der Waals surface area (Å²) in [5.41, 5.74) is 0. The third kappa shape index (κ3) is 1.58. The zero-order valence-corrected chi connectivity index (χ0v) is 6.20. The van der Waals surface area contributed by atoms with Crippen LogP contribution in [0.2, 0.25) is 0 Å². The average Bonchev–Trinajstić information content (AvgIpc) is 2.32. The van der Waals surface area contributed by atoms with Crippen molar-refractivity contribution in [3.63, 3.8) is 0 Å². The molecule has 0 spiro atoms. The van der Waals surface area contributed by atoms with Crippen LogP contribution in [-0.2, 0) is 9.84 Å². The fourth-order valence-corrected chi connectivity index (χ4v) is 1.09. The predicted molar refractivity (Wildman–Crippen MR) is 34.5 cm³/mol. The van der Waals surface area contributed by atoms with Gasteiger partial charge in [-0.05, 0) is 0 Å². The highest BCUT2D eigenvalue weighted by atomic mass is 16.6. The minimum atomic E-state index is -1.76. The van der Waals surface area contributed by atoms with Crippen molar-refractivity contribution in [1.82, 2.24) is 0 Å². The van der Waals surface area contributed by atoms with E-state index in [1.165, 1.54) is 0 Å². The quantitative estimate of drug-likeness (QED) is 0.366. The maximum absolute atomic E-state index is 10.7. The maximum Gasteiger partial charge on any atom is 0.220 e. The van der Waals surface area contributed by atoms with Crippen LogP contribution in [0.1, 0.15) is 0 Å². The van der Waals surface area contributed by atoms with Crippen molar-refractivity contribution in [3.8, 4) is 0 Å². The summed E-state index contributed by atoms with van der Waals surface area (Å²) < 4.78 is 4.47. The zero-order chi connectivity index (χ0) is 9.30. The second kappa shape index (κ2) is 3.65. The lowest BCUT2D eigenvalue weighted by Crippen LogP contribution is -2.40. The van der Waals surface area contributed by atoms with Gasteiger partial charge in [-0.15, -0.1) is 0 Å². The van der Waals surface area contributed by atoms with E-state index in [-0.39, 0.29) is 0 Å². The van der Waals surface area contributed by atoms with Crippen molar-refractivity contribution in [2.45, 2.75) is 30.7 Å². The molecule has 6 heteroatoms. The molecule has 1 unspecified atom stereocenters. The second-order valence-electron chi connectivity index (χ2n) is 2.70. The molecule has 1 fully saturated rings. The van der Waals surface area contributed by atoms with Crippen molar-refractivity contribution in [3.05, 3.63) is 0 Å². The SMILES string of the molecule is [O]C1O[C@H]([C@H](O)CO)[C@@H](O)[C@H]1O. The molecule has 5 atom stereocenters. The van der Waals surface area contributed by atoms with Crippen molar-refractivity contribution >= 4 is 0 Å². The molecule has 0 aromatic carbocycles. The van der Waals surface area contributed by atoms with E-state index < -0.39 is 37.3 Å². The van der Waals surface area contributed by atoms with Crippen molar-refractivity contribution < 1.29 is 30.3 Å². The lowest BCUT2D eigenvalue weighted by Gasteiger charge is -2.18. The van der Waals surface area contributed by atoms with E-state index in [2.05, 4.69) is 4.74 Å². The Kier molecular flexibility index (Phi) is 2.99. The van der Waals surface area contributed by atoms with Crippen molar-refractivity contribution in [2.75, 3.05) is 6.61 Å². The van der Waals surface area contributed by atoms with Crippen LogP contribution in [0.25, 0.3) is 0 Å². The van der Waals surface area contributed by atoms with Crippen LogP contribution in [0.5, 0.6) is 0 Å². The Balaban J connectivity index is 2.58. The largest absolute Gasteiger partial charge is 0.394 e. The van der Waals surface area contributed by atoms with Gasteiger partial charge in [0.15, 0.2) is 0 Å². The molecular weight excluding hydrogens is 168 g/mol. The highest BCUT2D eigenvalue weighted by Crippen LogP contribution is 2.22. The summed E-state index contributed by atoms with van der Waals surface area (Å²) >= 11 is 0. The van der Waals surface area contributed by atoms with E-state index in [9.17, 15) is 5.11 Å². The molecule has 0 saturated carbocycles. The van der Waals surface area contributed by atoms with Crippen LogP contribution in [0.3, 0.4) is 0 Å². The van der Waals surface area contributed by atoms with Crippen LogP contribution < -0.4 is 0 Å². The standard InChI is InChI=1S/C6H11O6/c7-1-2(8)5-3(9)4(10)6(11)12-5/h2-10H,1H2/t2-,3+,4-,5-,6?/m1/s1. The summed E-state index contributed by atoms with van der Waals surface area (Å²) in [6, 6.07) is 0. The first-order valence-electron chi connectivity index (χ1n) is 3.54. The highest BCUT2D eigenvalue weighted by Gasteiger charge is 2.45. The molecule has 0 aliphatic carbocycles. The van der Waals surface area contributed by atoms with Gasteiger partial charge < -0.3 is 25.2 Å². The van der Waals surface area contributed by atoms with Gasteiger partial charge in [-0.25, -0.2) is 0 Å². The van der Waals surface area contributed by atoms with Crippen LogP contribution in [0, 0.1) is 0 Å². The van der Waals surface area contributed by atoms with E-state index in [0.717, 1.165) is 0 Å². The Labute approximate surface area is 68.6 Å². The summed E-state index contributed by atoms with van der Waals surface area (Å²) in [6.07, 6.45) is -7.28. The molecule has 1 heterocycles. The first kappa shape index (κ1) is 9.85. The van der Waals surface area contributed by atoms with E-state index in [0.29, 0.717) is 0 Å². The Bertz CT molecular complexity index is 151. The van der Waals surface area contributed by atoms with Crippen LogP contribution in [-0.4, -0.2) is 57.7 Å². The third-order valence-corrected chi connectivity index (χ3v) is 1.82. The topological polar surface area (TPSA) is 110 Å².